The van der Waals surface area contributed by atoms with Gasteiger partial charge in [-0.1, -0.05) is 0 Å². The van der Waals surface area contributed by atoms with E-state index in [0.29, 0.717) is 12.1 Å². The number of fused-ring (bicyclic) bond motifs is 1. The lowest BCUT2D eigenvalue weighted by atomic mass is 10.1. The smallest absolute Gasteiger partial charge is 0.417 e. The number of rotatable bonds is 4. The average Bonchev–Trinajstić information content (AvgIpc) is 2.63. The maximum atomic E-state index is 13.2. The van der Waals surface area contributed by atoms with Crippen LogP contribution in [0.25, 0.3) is 11.0 Å². The summed E-state index contributed by atoms with van der Waals surface area (Å²) >= 11 is 0. The normalized spacial score (nSPS) is 11.4. The molecule has 3 rings (SSSR count). The monoisotopic (exact) mass is 410 g/mol. The van der Waals surface area contributed by atoms with Gasteiger partial charge in [0, 0.05) is 23.1 Å². The number of nitro groups is 2. The van der Waals surface area contributed by atoms with Crippen molar-refractivity contribution in [3.05, 3.63) is 78.2 Å². The zero-order valence-electron chi connectivity index (χ0n) is 14.4. The summed E-state index contributed by atoms with van der Waals surface area (Å²) in [6.07, 6.45) is -4.81. The number of nitro benzene ring substituents is 2. The minimum absolute atomic E-state index is 0.0154. The van der Waals surface area contributed by atoms with Crippen LogP contribution in [0.1, 0.15) is 11.1 Å². The number of benzene rings is 2. The lowest BCUT2D eigenvalue weighted by molar-refractivity contribution is -0.394. The van der Waals surface area contributed by atoms with Crippen LogP contribution in [0.5, 0.6) is 11.5 Å². The van der Waals surface area contributed by atoms with Crippen molar-refractivity contribution in [2.75, 3.05) is 0 Å². The summed E-state index contributed by atoms with van der Waals surface area (Å²) in [5.41, 5.74) is -4.10. The molecule has 2 aromatic carbocycles. The maximum absolute atomic E-state index is 13.2. The van der Waals surface area contributed by atoms with Crippen LogP contribution in [0.3, 0.4) is 0 Å². The minimum atomic E-state index is -4.81. The third-order valence-corrected chi connectivity index (χ3v) is 3.99. The maximum Gasteiger partial charge on any atom is 0.417 e. The highest BCUT2D eigenvalue weighted by Crippen LogP contribution is 2.40. The predicted molar refractivity (Wildman–Crippen MR) is 92.0 cm³/mol. The summed E-state index contributed by atoms with van der Waals surface area (Å²) in [5.74, 6) is -0.505. The van der Waals surface area contributed by atoms with E-state index in [0.717, 1.165) is 24.3 Å². The molecular weight excluding hydrogens is 401 g/mol. The number of aryl methyl sites for hydroxylation is 1. The molecule has 0 radical (unpaired) electrons. The van der Waals surface area contributed by atoms with Gasteiger partial charge in [-0.25, -0.2) is 4.79 Å². The Morgan fingerprint density at radius 2 is 1.66 bits per heavy atom. The number of hydrogen-bond donors (Lipinski definition) is 0. The minimum Gasteiger partial charge on any atom is -0.450 e. The number of halogens is 3. The van der Waals surface area contributed by atoms with E-state index in [-0.39, 0.29) is 22.4 Å². The first-order valence-electron chi connectivity index (χ1n) is 7.74. The first kappa shape index (κ1) is 19.8. The van der Waals surface area contributed by atoms with Crippen molar-refractivity contribution in [3.63, 3.8) is 0 Å². The summed E-state index contributed by atoms with van der Waals surface area (Å²) in [6.45, 7) is 1.30. The van der Waals surface area contributed by atoms with Crippen LogP contribution >= 0.6 is 0 Å². The van der Waals surface area contributed by atoms with Gasteiger partial charge in [0.25, 0.3) is 5.69 Å². The Kier molecular flexibility index (Phi) is 4.70. The van der Waals surface area contributed by atoms with Crippen molar-refractivity contribution in [1.82, 2.24) is 0 Å². The zero-order valence-corrected chi connectivity index (χ0v) is 14.4. The molecule has 0 spiro atoms. The van der Waals surface area contributed by atoms with Gasteiger partial charge in [0.05, 0.1) is 21.5 Å². The molecule has 0 N–H and O–H groups in total. The van der Waals surface area contributed by atoms with Crippen molar-refractivity contribution >= 4 is 22.3 Å². The van der Waals surface area contributed by atoms with Crippen LogP contribution in [0.4, 0.5) is 24.5 Å². The lowest BCUT2D eigenvalue weighted by Gasteiger charge is -2.13. The second-order valence-corrected chi connectivity index (χ2v) is 5.81. The molecule has 150 valence electrons. The summed E-state index contributed by atoms with van der Waals surface area (Å²) in [6, 6.07) is 5.10. The number of hydrogen-bond acceptors (Lipinski definition) is 7. The van der Waals surface area contributed by atoms with E-state index >= 15 is 0 Å². The zero-order chi connectivity index (χ0) is 21.5. The van der Waals surface area contributed by atoms with E-state index in [1.165, 1.54) is 6.92 Å². The molecule has 0 amide bonds. The fraction of sp³-hybridized carbons (Fsp3) is 0.118. The molecule has 12 heteroatoms. The van der Waals surface area contributed by atoms with Crippen LogP contribution in [-0.4, -0.2) is 9.85 Å². The molecule has 0 aliphatic rings. The highest BCUT2D eigenvalue weighted by Gasteiger charge is 2.34. The standard InChI is InChI=1S/C17H9F3N2O7/c1-8-13(28-14-4-2-9(21(24)25)6-12(14)22(26)27)5-3-10-11(17(18,19)20)7-15(23)29-16(8)10/h2-7H,1H3. The van der Waals surface area contributed by atoms with Crippen molar-refractivity contribution in [3.8, 4) is 11.5 Å². The molecular formula is C17H9F3N2O7. The summed E-state index contributed by atoms with van der Waals surface area (Å²) in [4.78, 5) is 31.8. The Bertz CT molecular complexity index is 1220. The second kappa shape index (κ2) is 6.89. The topological polar surface area (TPSA) is 126 Å². The number of nitrogens with zero attached hydrogens (tertiary/aromatic N) is 2. The number of ether oxygens (including phenoxy) is 1. The summed E-state index contributed by atoms with van der Waals surface area (Å²) in [7, 11) is 0. The Hall–Kier alpha value is -3.96. The molecule has 1 heterocycles. The summed E-state index contributed by atoms with van der Waals surface area (Å²) < 4.78 is 49.8. The first-order chi connectivity index (χ1) is 13.5. The molecule has 0 unspecified atom stereocenters. The molecule has 3 aromatic rings. The van der Waals surface area contributed by atoms with Crippen LogP contribution < -0.4 is 10.4 Å². The van der Waals surface area contributed by atoms with Gasteiger partial charge >= 0.3 is 17.5 Å². The van der Waals surface area contributed by atoms with Crippen LogP contribution in [-0.2, 0) is 6.18 Å². The quantitative estimate of drug-likeness (QED) is 0.346. The molecule has 9 nitrogen and oxygen atoms in total. The van der Waals surface area contributed by atoms with E-state index in [1.807, 2.05) is 0 Å². The molecule has 1 aromatic heterocycles. The van der Waals surface area contributed by atoms with Gasteiger partial charge in [-0.05, 0) is 25.1 Å². The van der Waals surface area contributed by atoms with E-state index in [1.54, 1.807) is 0 Å². The number of non-ortho nitro benzene ring substituents is 1. The molecule has 0 aliphatic carbocycles. The van der Waals surface area contributed by atoms with E-state index < -0.39 is 44.2 Å². The van der Waals surface area contributed by atoms with E-state index in [4.69, 9.17) is 9.15 Å². The molecule has 29 heavy (non-hydrogen) atoms. The highest BCUT2D eigenvalue weighted by atomic mass is 19.4. The predicted octanol–water partition coefficient (Wildman–Crippen LogP) is 4.73. The van der Waals surface area contributed by atoms with Gasteiger partial charge in [0.1, 0.15) is 11.3 Å². The Labute approximate surface area is 158 Å². The van der Waals surface area contributed by atoms with Crippen LogP contribution in [0, 0.1) is 27.2 Å². The lowest BCUT2D eigenvalue weighted by Crippen LogP contribution is -2.11. The van der Waals surface area contributed by atoms with Crippen molar-refractivity contribution in [2.24, 2.45) is 0 Å². The van der Waals surface area contributed by atoms with Crippen molar-refractivity contribution in [2.45, 2.75) is 13.1 Å². The molecule has 0 atom stereocenters. The molecule has 0 saturated heterocycles. The van der Waals surface area contributed by atoms with Crippen LogP contribution in [0.15, 0.2) is 45.6 Å². The molecule has 0 aliphatic heterocycles. The fourth-order valence-electron chi connectivity index (χ4n) is 2.65. The highest BCUT2D eigenvalue weighted by molar-refractivity contribution is 5.85. The Balaban J connectivity index is 2.16. The summed E-state index contributed by atoms with van der Waals surface area (Å²) in [5, 5.41) is 21.6. The van der Waals surface area contributed by atoms with Crippen molar-refractivity contribution in [1.29, 1.82) is 0 Å². The Morgan fingerprint density at radius 3 is 2.24 bits per heavy atom. The van der Waals surface area contributed by atoms with Gasteiger partial charge < -0.3 is 9.15 Å². The van der Waals surface area contributed by atoms with Gasteiger partial charge in [-0.3, -0.25) is 20.2 Å². The second-order valence-electron chi connectivity index (χ2n) is 5.81. The molecule has 0 bridgehead atoms. The van der Waals surface area contributed by atoms with E-state index in [2.05, 4.69) is 0 Å². The fourth-order valence-corrected chi connectivity index (χ4v) is 2.65. The largest absolute Gasteiger partial charge is 0.450 e. The third kappa shape index (κ3) is 3.72. The number of alkyl halides is 3. The van der Waals surface area contributed by atoms with Gasteiger partial charge in [0.2, 0.25) is 5.75 Å². The van der Waals surface area contributed by atoms with Gasteiger partial charge in [-0.2, -0.15) is 13.2 Å². The van der Waals surface area contributed by atoms with Crippen molar-refractivity contribution < 1.29 is 32.2 Å². The van der Waals surface area contributed by atoms with Crippen LogP contribution in [0.2, 0.25) is 0 Å². The first-order valence-corrected chi connectivity index (χ1v) is 7.74. The third-order valence-electron chi connectivity index (χ3n) is 3.99. The average molecular weight is 410 g/mol. The molecule has 0 saturated carbocycles. The van der Waals surface area contributed by atoms with Gasteiger partial charge in [0.15, 0.2) is 0 Å². The Morgan fingerprint density at radius 1 is 1.00 bits per heavy atom. The SMILES string of the molecule is Cc1c(Oc2ccc([N+](=O)[O-])cc2[N+](=O)[O-])ccc2c(C(F)(F)F)cc(=O)oc12. The van der Waals surface area contributed by atoms with Gasteiger partial charge in [-0.15, -0.1) is 0 Å². The van der Waals surface area contributed by atoms with E-state index in [9.17, 15) is 38.2 Å². The molecule has 0 fully saturated rings.